The van der Waals surface area contributed by atoms with E-state index < -0.39 is 6.04 Å². The number of benzene rings is 1. The van der Waals surface area contributed by atoms with Gasteiger partial charge in [-0.2, -0.15) is 0 Å². The number of carbonyl (C=O) groups excluding carboxylic acids is 3. The first-order valence-corrected chi connectivity index (χ1v) is 9.94. The first-order valence-electron chi connectivity index (χ1n) is 9.94. The summed E-state index contributed by atoms with van der Waals surface area (Å²) in [6, 6.07) is 9.17. The fourth-order valence-electron chi connectivity index (χ4n) is 3.59. The average Bonchev–Trinajstić information content (AvgIpc) is 3.16. The lowest BCUT2D eigenvalue weighted by atomic mass is 10.0. The van der Waals surface area contributed by atoms with Crippen molar-refractivity contribution in [1.82, 2.24) is 15.5 Å². The van der Waals surface area contributed by atoms with Gasteiger partial charge in [-0.1, -0.05) is 37.3 Å². The lowest BCUT2D eigenvalue weighted by molar-refractivity contribution is -0.135. The van der Waals surface area contributed by atoms with Gasteiger partial charge >= 0.3 is 0 Å². The predicted molar refractivity (Wildman–Crippen MR) is 103 cm³/mol. The fourth-order valence-corrected chi connectivity index (χ4v) is 3.59. The minimum atomic E-state index is -0.558. The van der Waals surface area contributed by atoms with Crippen molar-refractivity contribution < 1.29 is 14.4 Å². The largest absolute Gasteiger partial charge is 0.355 e. The Morgan fingerprint density at radius 2 is 1.81 bits per heavy atom. The maximum atomic E-state index is 12.8. The molecule has 1 aromatic carbocycles. The Hall–Kier alpha value is -2.37. The van der Waals surface area contributed by atoms with Crippen molar-refractivity contribution in [2.45, 2.75) is 45.1 Å². The van der Waals surface area contributed by atoms with Crippen molar-refractivity contribution in [1.29, 1.82) is 0 Å². The summed E-state index contributed by atoms with van der Waals surface area (Å²) in [6.07, 6.45) is 3.63. The highest BCUT2D eigenvalue weighted by atomic mass is 16.2. The van der Waals surface area contributed by atoms with E-state index in [-0.39, 0.29) is 30.1 Å². The van der Waals surface area contributed by atoms with E-state index in [1.165, 1.54) is 0 Å². The Balaban J connectivity index is 1.52. The number of amides is 3. The third-order valence-electron chi connectivity index (χ3n) is 5.43. The Bertz CT molecular complexity index is 671. The number of hydrogen-bond acceptors (Lipinski definition) is 3. The molecular formula is C21H29N3O3. The first-order chi connectivity index (χ1) is 13.0. The minimum Gasteiger partial charge on any atom is -0.355 e. The molecule has 3 amide bonds. The van der Waals surface area contributed by atoms with Gasteiger partial charge in [-0.15, -0.1) is 0 Å². The maximum absolute atomic E-state index is 12.8. The van der Waals surface area contributed by atoms with Gasteiger partial charge in [-0.05, 0) is 30.7 Å². The zero-order valence-corrected chi connectivity index (χ0v) is 15.9. The van der Waals surface area contributed by atoms with Crippen molar-refractivity contribution in [3.8, 4) is 0 Å². The van der Waals surface area contributed by atoms with Crippen LogP contribution in [0.15, 0.2) is 30.3 Å². The molecule has 0 radical (unpaired) electrons. The third kappa shape index (κ3) is 5.55. The smallest absolute Gasteiger partial charge is 0.245 e. The van der Waals surface area contributed by atoms with Crippen LogP contribution in [0.3, 0.4) is 0 Å². The zero-order chi connectivity index (χ0) is 19.2. The van der Waals surface area contributed by atoms with E-state index in [0.29, 0.717) is 18.9 Å². The van der Waals surface area contributed by atoms with Gasteiger partial charge in [0.1, 0.15) is 6.04 Å². The molecule has 0 spiro atoms. The summed E-state index contributed by atoms with van der Waals surface area (Å²) in [5.74, 6) is 0.375. The molecule has 0 unspecified atom stereocenters. The van der Waals surface area contributed by atoms with Crippen molar-refractivity contribution in [2.24, 2.45) is 11.8 Å². The molecule has 2 fully saturated rings. The molecule has 146 valence electrons. The van der Waals surface area contributed by atoms with Crippen LogP contribution in [0, 0.1) is 11.8 Å². The number of carbonyl (C=O) groups is 3. The zero-order valence-electron chi connectivity index (χ0n) is 15.9. The van der Waals surface area contributed by atoms with Gasteiger partial charge < -0.3 is 15.5 Å². The van der Waals surface area contributed by atoms with Crippen LogP contribution in [0.5, 0.6) is 0 Å². The van der Waals surface area contributed by atoms with Crippen LogP contribution in [-0.4, -0.2) is 48.3 Å². The second-order valence-corrected chi connectivity index (χ2v) is 7.70. The summed E-state index contributed by atoms with van der Waals surface area (Å²) < 4.78 is 0. The topological polar surface area (TPSA) is 78.5 Å². The molecule has 6 nitrogen and oxygen atoms in total. The lowest BCUT2D eigenvalue weighted by Gasteiger charge is -2.24. The maximum Gasteiger partial charge on any atom is 0.245 e. The van der Waals surface area contributed by atoms with Gasteiger partial charge in [0, 0.05) is 38.4 Å². The van der Waals surface area contributed by atoms with Crippen molar-refractivity contribution >= 4 is 17.7 Å². The molecule has 27 heavy (non-hydrogen) atoms. The van der Waals surface area contributed by atoms with Gasteiger partial charge in [0.2, 0.25) is 17.7 Å². The monoisotopic (exact) mass is 371 g/mol. The molecule has 2 aliphatic rings. The molecule has 1 saturated heterocycles. The van der Waals surface area contributed by atoms with Crippen LogP contribution in [0.25, 0.3) is 0 Å². The molecule has 0 bridgehead atoms. The molecular weight excluding hydrogens is 342 g/mol. The molecule has 1 aliphatic heterocycles. The molecule has 3 rings (SSSR count). The van der Waals surface area contributed by atoms with E-state index in [1.54, 1.807) is 0 Å². The number of hydrogen-bond donors (Lipinski definition) is 2. The van der Waals surface area contributed by atoms with Crippen LogP contribution < -0.4 is 10.6 Å². The van der Waals surface area contributed by atoms with E-state index in [1.807, 2.05) is 35.2 Å². The number of likely N-dealkylation sites (tertiary alicyclic amines) is 1. The quantitative estimate of drug-likeness (QED) is 0.727. The lowest BCUT2D eigenvalue weighted by Crippen LogP contribution is -2.49. The Morgan fingerprint density at radius 3 is 2.44 bits per heavy atom. The molecule has 6 heteroatoms. The summed E-state index contributed by atoms with van der Waals surface area (Å²) in [7, 11) is 0. The second-order valence-electron chi connectivity index (χ2n) is 7.70. The van der Waals surface area contributed by atoms with Crippen LogP contribution in [0.4, 0.5) is 0 Å². The molecule has 1 heterocycles. The Kier molecular flexibility index (Phi) is 6.48. The van der Waals surface area contributed by atoms with Crippen LogP contribution in [-0.2, 0) is 20.8 Å². The van der Waals surface area contributed by atoms with Gasteiger partial charge in [0.05, 0.1) is 0 Å². The Morgan fingerprint density at radius 1 is 1.15 bits per heavy atom. The van der Waals surface area contributed by atoms with E-state index in [4.69, 9.17) is 0 Å². The van der Waals surface area contributed by atoms with Crippen molar-refractivity contribution in [2.75, 3.05) is 19.6 Å². The van der Waals surface area contributed by atoms with Gasteiger partial charge in [-0.25, -0.2) is 0 Å². The highest BCUT2D eigenvalue weighted by molar-refractivity contribution is 5.88. The third-order valence-corrected chi connectivity index (χ3v) is 5.43. The SMILES string of the molecule is C[C@@H]1C[C@@H]1C(=O)NCCC(=O)N[C@@H](Cc1ccccc1)C(=O)N1CCCC1. The second kappa shape index (κ2) is 9.02. The molecule has 1 saturated carbocycles. The predicted octanol–water partition coefficient (Wildman–Crippen LogP) is 1.50. The van der Waals surface area contributed by atoms with Crippen LogP contribution in [0.2, 0.25) is 0 Å². The van der Waals surface area contributed by atoms with Crippen molar-refractivity contribution in [3.63, 3.8) is 0 Å². The van der Waals surface area contributed by atoms with E-state index in [2.05, 4.69) is 17.6 Å². The van der Waals surface area contributed by atoms with E-state index in [9.17, 15) is 14.4 Å². The number of nitrogens with zero attached hydrogens (tertiary/aromatic N) is 1. The van der Waals surface area contributed by atoms with Gasteiger partial charge in [0.25, 0.3) is 0 Å². The van der Waals surface area contributed by atoms with E-state index in [0.717, 1.165) is 37.9 Å². The summed E-state index contributed by atoms with van der Waals surface area (Å²) in [6.45, 7) is 3.88. The molecule has 1 aliphatic carbocycles. The van der Waals surface area contributed by atoms with E-state index >= 15 is 0 Å². The summed E-state index contributed by atoms with van der Waals surface area (Å²) >= 11 is 0. The highest BCUT2D eigenvalue weighted by Gasteiger charge is 2.38. The first kappa shape index (κ1) is 19.4. The number of nitrogens with one attached hydrogen (secondary N) is 2. The average molecular weight is 371 g/mol. The summed E-state index contributed by atoms with van der Waals surface area (Å²) in [5.41, 5.74) is 1.02. The highest BCUT2D eigenvalue weighted by Crippen LogP contribution is 2.37. The normalized spacial score (nSPS) is 22.2. The van der Waals surface area contributed by atoms with Gasteiger partial charge in [0.15, 0.2) is 0 Å². The van der Waals surface area contributed by atoms with Crippen LogP contribution in [0.1, 0.15) is 38.2 Å². The summed E-state index contributed by atoms with van der Waals surface area (Å²) in [4.78, 5) is 38.9. The minimum absolute atomic E-state index is 0.0134. The van der Waals surface area contributed by atoms with Crippen molar-refractivity contribution in [3.05, 3.63) is 35.9 Å². The number of rotatable bonds is 8. The standard InChI is InChI=1S/C21H29N3O3/c1-15-13-17(15)20(26)22-10-9-19(25)23-18(14-16-7-3-2-4-8-16)21(27)24-11-5-6-12-24/h2-4,7-8,15,17-18H,5-6,9-14H2,1H3,(H,22,26)(H,23,25)/t15-,17+,18+/m1/s1. The molecule has 1 aromatic rings. The molecule has 0 aromatic heterocycles. The Labute approximate surface area is 160 Å². The van der Waals surface area contributed by atoms with Gasteiger partial charge in [-0.3, -0.25) is 14.4 Å². The molecule has 3 atom stereocenters. The fraction of sp³-hybridized carbons (Fsp3) is 0.571. The summed E-state index contributed by atoms with van der Waals surface area (Å²) in [5, 5.41) is 5.71. The molecule has 2 N–H and O–H groups in total. The van der Waals surface area contributed by atoms with Crippen LogP contribution >= 0.6 is 0 Å².